The van der Waals surface area contributed by atoms with Crippen molar-refractivity contribution in [3.05, 3.63) is 46.3 Å². The first-order valence-electron chi connectivity index (χ1n) is 6.10. The highest BCUT2D eigenvalue weighted by molar-refractivity contribution is 7.71. The molecule has 3 rings (SSSR count). The molecule has 0 unspecified atom stereocenters. The Balaban J connectivity index is 2.19. The van der Waals surface area contributed by atoms with E-state index in [2.05, 4.69) is 14.9 Å². The van der Waals surface area contributed by atoms with Gasteiger partial charge in [0.05, 0.1) is 16.2 Å². The van der Waals surface area contributed by atoms with E-state index in [1.807, 2.05) is 49.0 Å². The van der Waals surface area contributed by atoms with Gasteiger partial charge in [0.25, 0.3) is 0 Å². The molecule has 1 aromatic carbocycles. The Labute approximate surface area is 126 Å². The lowest BCUT2D eigenvalue weighted by molar-refractivity contribution is 1.04. The number of pyridine rings is 1. The molecule has 0 aliphatic carbocycles. The van der Waals surface area contributed by atoms with Crippen molar-refractivity contribution in [3.63, 3.8) is 0 Å². The molecule has 20 heavy (non-hydrogen) atoms. The van der Waals surface area contributed by atoms with Gasteiger partial charge in [-0.05, 0) is 42.5 Å². The topological polar surface area (TPSA) is 36.9 Å². The number of nitrogens with one attached hydrogen (secondary N) is 1. The van der Waals surface area contributed by atoms with E-state index < -0.39 is 0 Å². The third-order valence-corrected chi connectivity index (χ3v) is 3.61. The number of imidazole rings is 1. The van der Waals surface area contributed by atoms with Crippen LogP contribution in [0, 0.1) is 4.77 Å². The van der Waals surface area contributed by atoms with Gasteiger partial charge in [-0.2, -0.15) is 0 Å². The first kappa shape index (κ1) is 13.1. The van der Waals surface area contributed by atoms with E-state index in [1.54, 1.807) is 6.20 Å². The molecule has 4 nitrogen and oxygen atoms in total. The van der Waals surface area contributed by atoms with Gasteiger partial charge >= 0.3 is 0 Å². The third kappa shape index (κ3) is 2.19. The summed E-state index contributed by atoms with van der Waals surface area (Å²) < 4.78 is 2.51. The van der Waals surface area contributed by atoms with Crippen molar-refractivity contribution < 1.29 is 0 Å². The number of benzene rings is 1. The van der Waals surface area contributed by atoms with Gasteiger partial charge in [0.2, 0.25) is 0 Å². The quantitative estimate of drug-likeness (QED) is 0.732. The molecule has 0 radical (unpaired) electrons. The number of anilines is 1. The van der Waals surface area contributed by atoms with Crippen molar-refractivity contribution in [3.8, 4) is 5.69 Å². The van der Waals surface area contributed by atoms with Gasteiger partial charge in [-0.3, -0.25) is 4.57 Å². The predicted molar refractivity (Wildman–Crippen MR) is 85.6 cm³/mol. The fourth-order valence-corrected chi connectivity index (χ4v) is 2.57. The van der Waals surface area contributed by atoms with Gasteiger partial charge in [-0.1, -0.05) is 11.6 Å². The van der Waals surface area contributed by atoms with Crippen LogP contribution in [0.3, 0.4) is 0 Å². The average molecular weight is 305 g/mol. The summed E-state index contributed by atoms with van der Waals surface area (Å²) in [6.45, 7) is 0. The summed E-state index contributed by atoms with van der Waals surface area (Å²) in [4.78, 5) is 9.53. The Hall–Kier alpha value is -1.85. The van der Waals surface area contributed by atoms with Crippen molar-refractivity contribution in [2.24, 2.45) is 0 Å². The number of halogens is 1. The summed E-state index contributed by atoms with van der Waals surface area (Å²) in [5.74, 6) is 0. The van der Waals surface area contributed by atoms with Crippen LogP contribution in [-0.4, -0.2) is 28.6 Å². The minimum Gasteiger partial charge on any atom is -0.378 e. The van der Waals surface area contributed by atoms with E-state index in [0.717, 1.165) is 22.5 Å². The first-order chi connectivity index (χ1) is 9.56. The van der Waals surface area contributed by atoms with Gasteiger partial charge in [0, 0.05) is 26.0 Å². The lowest BCUT2D eigenvalue weighted by Gasteiger charge is -2.13. The molecule has 3 aromatic rings. The van der Waals surface area contributed by atoms with E-state index in [9.17, 15) is 0 Å². The van der Waals surface area contributed by atoms with E-state index in [4.69, 9.17) is 23.8 Å². The van der Waals surface area contributed by atoms with Crippen molar-refractivity contribution in [2.75, 3.05) is 19.0 Å². The first-order valence-corrected chi connectivity index (χ1v) is 6.89. The van der Waals surface area contributed by atoms with Gasteiger partial charge < -0.3 is 9.88 Å². The highest BCUT2D eigenvalue weighted by atomic mass is 35.5. The Kier molecular flexibility index (Phi) is 3.23. The summed E-state index contributed by atoms with van der Waals surface area (Å²) in [5.41, 5.74) is 3.72. The molecule has 0 saturated carbocycles. The molecule has 0 atom stereocenters. The molecule has 1 N–H and O–H groups in total. The Bertz CT molecular complexity index is 817. The number of aromatic amines is 1. The van der Waals surface area contributed by atoms with E-state index in [0.29, 0.717) is 9.79 Å². The number of fused-ring (bicyclic) bond motifs is 1. The zero-order valence-electron chi connectivity index (χ0n) is 11.1. The van der Waals surface area contributed by atoms with Crippen LogP contribution in [0.15, 0.2) is 36.5 Å². The number of hydrogen-bond acceptors (Lipinski definition) is 3. The number of hydrogen-bond donors (Lipinski definition) is 1. The van der Waals surface area contributed by atoms with Crippen molar-refractivity contribution in [1.82, 2.24) is 14.5 Å². The van der Waals surface area contributed by atoms with Gasteiger partial charge in [0.15, 0.2) is 10.4 Å². The predicted octanol–water partition coefficient (Wildman–Crippen LogP) is 3.80. The lowest BCUT2D eigenvalue weighted by atomic mass is 10.2. The van der Waals surface area contributed by atoms with Gasteiger partial charge in [-0.15, -0.1) is 0 Å². The number of H-pyrrole nitrogens is 1. The highest BCUT2D eigenvalue weighted by Crippen LogP contribution is 2.22. The Morgan fingerprint density at radius 1 is 1.25 bits per heavy atom. The summed E-state index contributed by atoms with van der Waals surface area (Å²) in [6.07, 6.45) is 1.62. The normalized spacial score (nSPS) is 10.9. The van der Waals surface area contributed by atoms with Crippen LogP contribution in [-0.2, 0) is 0 Å². The molecule has 0 amide bonds. The smallest absolute Gasteiger partial charge is 0.183 e. The second kappa shape index (κ2) is 4.92. The second-order valence-corrected chi connectivity index (χ2v) is 5.52. The van der Waals surface area contributed by atoms with E-state index in [1.165, 1.54) is 0 Å². The fourth-order valence-electron chi connectivity index (χ4n) is 2.11. The molecule has 6 heteroatoms. The summed E-state index contributed by atoms with van der Waals surface area (Å²) >= 11 is 11.3. The number of aromatic nitrogens is 3. The van der Waals surface area contributed by atoms with Crippen LogP contribution in [0.2, 0.25) is 5.02 Å². The summed E-state index contributed by atoms with van der Waals surface area (Å²) in [7, 11) is 4.02. The highest BCUT2D eigenvalue weighted by Gasteiger charge is 2.08. The average Bonchev–Trinajstić information content (AvgIpc) is 2.73. The standard InChI is InChI=1S/C14H13ClN4S/c1-18(2)10-3-5-11(6-4-10)19-13-12(17-14(19)20)7-9(15)8-16-13/h3-8H,1-2H3,(H,17,20). The lowest BCUT2D eigenvalue weighted by Crippen LogP contribution is -2.08. The van der Waals surface area contributed by atoms with Crippen LogP contribution in [0.1, 0.15) is 0 Å². The molecular weight excluding hydrogens is 292 g/mol. The maximum Gasteiger partial charge on any atom is 0.183 e. The van der Waals surface area contributed by atoms with Gasteiger partial charge in [-0.25, -0.2) is 4.98 Å². The Morgan fingerprint density at radius 3 is 2.60 bits per heavy atom. The largest absolute Gasteiger partial charge is 0.378 e. The molecule has 0 fully saturated rings. The monoisotopic (exact) mass is 304 g/mol. The zero-order valence-corrected chi connectivity index (χ0v) is 12.7. The van der Waals surface area contributed by atoms with Crippen molar-refractivity contribution in [1.29, 1.82) is 0 Å². The molecule has 0 saturated heterocycles. The van der Waals surface area contributed by atoms with Crippen molar-refractivity contribution >= 4 is 40.7 Å². The molecule has 0 bridgehead atoms. The summed E-state index contributed by atoms with van der Waals surface area (Å²) in [5, 5.41) is 0.587. The van der Waals surface area contributed by atoms with E-state index >= 15 is 0 Å². The fraction of sp³-hybridized carbons (Fsp3) is 0.143. The molecule has 2 heterocycles. The SMILES string of the molecule is CN(C)c1ccc(-n2c(=S)[nH]c3cc(Cl)cnc32)cc1. The molecule has 0 spiro atoms. The number of nitrogens with zero attached hydrogens (tertiary/aromatic N) is 3. The van der Waals surface area contributed by atoms with Crippen molar-refractivity contribution in [2.45, 2.75) is 0 Å². The molecule has 0 aliphatic heterocycles. The third-order valence-electron chi connectivity index (χ3n) is 3.11. The van der Waals surface area contributed by atoms with Crippen LogP contribution < -0.4 is 4.90 Å². The second-order valence-electron chi connectivity index (χ2n) is 4.70. The van der Waals surface area contributed by atoms with Gasteiger partial charge in [0.1, 0.15) is 0 Å². The van der Waals surface area contributed by atoms with Crippen LogP contribution in [0.5, 0.6) is 0 Å². The Morgan fingerprint density at radius 2 is 1.95 bits per heavy atom. The maximum absolute atomic E-state index is 5.95. The van der Waals surface area contributed by atoms with E-state index in [-0.39, 0.29) is 0 Å². The van der Waals surface area contributed by atoms with Crippen LogP contribution >= 0.6 is 23.8 Å². The molecule has 2 aromatic heterocycles. The minimum absolute atomic E-state index is 0.587. The minimum atomic E-state index is 0.587. The zero-order chi connectivity index (χ0) is 14.3. The summed E-state index contributed by atoms with van der Waals surface area (Å²) in [6, 6.07) is 9.96. The van der Waals surface area contributed by atoms with Crippen LogP contribution in [0.25, 0.3) is 16.9 Å². The maximum atomic E-state index is 5.95. The van der Waals surface area contributed by atoms with Crippen LogP contribution in [0.4, 0.5) is 5.69 Å². The number of rotatable bonds is 2. The molecule has 102 valence electrons. The molecule has 0 aliphatic rings. The molecular formula is C14H13ClN4S.